The summed E-state index contributed by atoms with van der Waals surface area (Å²) >= 11 is 0. The second-order valence-electron chi connectivity index (χ2n) is 5.82. The number of hydrogen-bond donors (Lipinski definition) is 1. The van der Waals surface area contributed by atoms with Crippen LogP contribution in [0.25, 0.3) is 0 Å². The molecule has 0 unspecified atom stereocenters. The quantitative estimate of drug-likeness (QED) is 0.837. The third kappa shape index (κ3) is 4.93. The predicted octanol–water partition coefficient (Wildman–Crippen LogP) is 2.94. The number of rotatable bonds is 7. The van der Waals surface area contributed by atoms with Gasteiger partial charge in [0, 0.05) is 19.1 Å². The van der Waals surface area contributed by atoms with Crippen molar-refractivity contribution in [2.45, 2.75) is 39.3 Å². The van der Waals surface area contributed by atoms with E-state index >= 15 is 0 Å². The molecule has 0 radical (unpaired) electrons. The van der Waals surface area contributed by atoms with Gasteiger partial charge in [0.05, 0.1) is 0 Å². The van der Waals surface area contributed by atoms with E-state index in [4.69, 9.17) is 4.74 Å². The van der Waals surface area contributed by atoms with E-state index in [-0.39, 0.29) is 11.8 Å². The molecule has 2 rings (SSSR count). The number of likely N-dealkylation sites (tertiary alicyclic amines) is 1. The number of ether oxygens (including phenoxy) is 1. The smallest absolute Gasteiger partial charge is 0.190 e. The monoisotopic (exact) mass is 298 g/mol. The Morgan fingerprint density at radius 3 is 2.38 bits per heavy atom. The van der Waals surface area contributed by atoms with Crippen LogP contribution in [0.4, 0.5) is 8.78 Å². The Balaban J connectivity index is 1.89. The highest BCUT2D eigenvalue weighted by Crippen LogP contribution is 2.23. The maximum Gasteiger partial charge on any atom is 0.190 e. The molecular weight excluding hydrogens is 274 g/mol. The molecular formula is C16H24F2N2O. The van der Waals surface area contributed by atoms with Crippen molar-refractivity contribution >= 4 is 0 Å². The first-order valence-electron chi connectivity index (χ1n) is 7.62. The molecule has 0 amide bonds. The minimum absolute atomic E-state index is 0.262. The van der Waals surface area contributed by atoms with Crippen molar-refractivity contribution in [1.82, 2.24) is 10.2 Å². The van der Waals surface area contributed by atoms with Gasteiger partial charge < -0.3 is 10.1 Å². The van der Waals surface area contributed by atoms with Crippen LogP contribution in [-0.2, 0) is 6.54 Å². The van der Waals surface area contributed by atoms with Gasteiger partial charge in [0.15, 0.2) is 17.4 Å². The van der Waals surface area contributed by atoms with E-state index in [9.17, 15) is 8.78 Å². The van der Waals surface area contributed by atoms with Gasteiger partial charge in [-0.3, -0.25) is 4.90 Å². The summed E-state index contributed by atoms with van der Waals surface area (Å²) in [6, 6.07) is 2.94. The van der Waals surface area contributed by atoms with Gasteiger partial charge in [0.1, 0.15) is 6.61 Å². The number of nitrogens with one attached hydrogen (secondary N) is 1. The summed E-state index contributed by atoms with van der Waals surface area (Å²) in [6.07, 6.45) is 2.39. The number of benzene rings is 1. The average Bonchev–Trinajstić information content (AvgIpc) is 2.92. The molecule has 118 valence electrons. The Hall–Kier alpha value is -1.20. The summed E-state index contributed by atoms with van der Waals surface area (Å²) in [7, 11) is 0. The second-order valence-corrected chi connectivity index (χ2v) is 5.82. The Morgan fingerprint density at radius 1 is 1.19 bits per heavy atom. The van der Waals surface area contributed by atoms with Crippen LogP contribution in [0.3, 0.4) is 0 Å². The Kier molecular flexibility index (Phi) is 5.94. The highest BCUT2D eigenvalue weighted by atomic mass is 19.1. The molecule has 1 aliphatic rings. The first-order valence-corrected chi connectivity index (χ1v) is 7.62. The molecule has 1 saturated heterocycles. The van der Waals surface area contributed by atoms with Crippen molar-refractivity contribution in [3.05, 3.63) is 29.3 Å². The van der Waals surface area contributed by atoms with E-state index in [0.717, 1.165) is 19.6 Å². The van der Waals surface area contributed by atoms with Crippen LogP contribution in [0.15, 0.2) is 12.1 Å². The molecule has 1 heterocycles. The van der Waals surface area contributed by atoms with Gasteiger partial charge in [-0.2, -0.15) is 0 Å². The Labute approximate surface area is 125 Å². The van der Waals surface area contributed by atoms with Crippen LogP contribution in [0, 0.1) is 11.6 Å². The fraction of sp³-hybridized carbons (Fsp3) is 0.625. The standard InChI is InChI=1S/C16H24F2N2O/c1-12(2)19-11-13-9-14(17)16(15(18)10-13)21-8-7-20-5-3-4-6-20/h9-10,12,19H,3-8,11H2,1-2H3. The molecule has 0 aliphatic carbocycles. The first-order chi connectivity index (χ1) is 10.1. The molecule has 5 heteroatoms. The lowest BCUT2D eigenvalue weighted by molar-refractivity contribution is 0.223. The molecule has 3 nitrogen and oxygen atoms in total. The van der Waals surface area contributed by atoms with Gasteiger partial charge >= 0.3 is 0 Å². The topological polar surface area (TPSA) is 24.5 Å². The van der Waals surface area contributed by atoms with Crippen molar-refractivity contribution < 1.29 is 13.5 Å². The van der Waals surface area contributed by atoms with E-state index in [1.54, 1.807) is 0 Å². The zero-order valence-corrected chi connectivity index (χ0v) is 12.8. The maximum atomic E-state index is 13.9. The lowest BCUT2D eigenvalue weighted by atomic mass is 10.2. The van der Waals surface area contributed by atoms with Crippen molar-refractivity contribution in [3.63, 3.8) is 0 Å². The van der Waals surface area contributed by atoms with Gasteiger partial charge in [-0.05, 0) is 43.6 Å². The SMILES string of the molecule is CC(C)NCc1cc(F)c(OCCN2CCCC2)c(F)c1. The fourth-order valence-corrected chi connectivity index (χ4v) is 2.46. The van der Waals surface area contributed by atoms with Crippen molar-refractivity contribution in [2.24, 2.45) is 0 Å². The molecule has 0 atom stereocenters. The van der Waals surface area contributed by atoms with Crippen LogP contribution in [-0.4, -0.2) is 37.2 Å². The van der Waals surface area contributed by atoms with Gasteiger partial charge in [0.2, 0.25) is 0 Å². The van der Waals surface area contributed by atoms with Gasteiger partial charge in [-0.15, -0.1) is 0 Å². The fourth-order valence-electron chi connectivity index (χ4n) is 2.46. The molecule has 21 heavy (non-hydrogen) atoms. The molecule has 0 aromatic heterocycles. The molecule has 1 N–H and O–H groups in total. The number of halogens is 2. The zero-order chi connectivity index (χ0) is 15.2. The molecule has 1 aromatic rings. The lowest BCUT2D eigenvalue weighted by Gasteiger charge is -2.16. The predicted molar refractivity (Wildman–Crippen MR) is 79.5 cm³/mol. The van der Waals surface area contributed by atoms with E-state index in [1.165, 1.54) is 25.0 Å². The first kappa shape index (κ1) is 16.2. The van der Waals surface area contributed by atoms with E-state index in [0.29, 0.717) is 18.7 Å². The molecule has 1 aromatic carbocycles. The Bertz CT molecular complexity index is 437. The van der Waals surface area contributed by atoms with Gasteiger partial charge in [0.25, 0.3) is 0 Å². The van der Waals surface area contributed by atoms with Crippen LogP contribution in [0.5, 0.6) is 5.75 Å². The third-order valence-corrected chi connectivity index (χ3v) is 3.63. The lowest BCUT2D eigenvalue weighted by Crippen LogP contribution is -2.25. The second kappa shape index (κ2) is 7.71. The summed E-state index contributed by atoms with van der Waals surface area (Å²) in [4.78, 5) is 2.25. The van der Waals surface area contributed by atoms with Gasteiger partial charge in [-0.25, -0.2) is 8.78 Å². The molecule has 1 fully saturated rings. The van der Waals surface area contributed by atoms with Crippen LogP contribution in [0.2, 0.25) is 0 Å². The third-order valence-electron chi connectivity index (χ3n) is 3.63. The highest BCUT2D eigenvalue weighted by Gasteiger charge is 2.15. The minimum Gasteiger partial charge on any atom is -0.486 e. The van der Waals surface area contributed by atoms with E-state index in [1.807, 2.05) is 13.8 Å². The Morgan fingerprint density at radius 2 is 1.81 bits per heavy atom. The van der Waals surface area contributed by atoms with Crippen LogP contribution < -0.4 is 10.1 Å². The minimum atomic E-state index is -0.628. The number of nitrogens with zero attached hydrogens (tertiary/aromatic N) is 1. The zero-order valence-electron chi connectivity index (χ0n) is 12.8. The van der Waals surface area contributed by atoms with E-state index < -0.39 is 11.6 Å². The van der Waals surface area contributed by atoms with Crippen molar-refractivity contribution in [1.29, 1.82) is 0 Å². The van der Waals surface area contributed by atoms with E-state index in [2.05, 4.69) is 10.2 Å². The summed E-state index contributed by atoms with van der Waals surface area (Å²) in [5.41, 5.74) is 0.589. The van der Waals surface area contributed by atoms with Crippen molar-refractivity contribution in [3.8, 4) is 5.75 Å². The molecule has 0 bridgehead atoms. The largest absolute Gasteiger partial charge is 0.486 e. The highest BCUT2D eigenvalue weighted by molar-refractivity contribution is 5.31. The van der Waals surface area contributed by atoms with Gasteiger partial charge in [-0.1, -0.05) is 13.8 Å². The normalized spacial score (nSPS) is 15.9. The maximum absolute atomic E-state index is 13.9. The summed E-state index contributed by atoms with van der Waals surface area (Å²) in [5, 5.41) is 3.14. The molecule has 0 saturated carbocycles. The average molecular weight is 298 g/mol. The van der Waals surface area contributed by atoms with Crippen LogP contribution in [0.1, 0.15) is 32.3 Å². The summed E-state index contributed by atoms with van der Waals surface area (Å²) in [5.74, 6) is -1.52. The summed E-state index contributed by atoms with van der Waals surface area (Å²) in [6.45, 7) is 7.56. The molecule has 0 spiro atoms. The summed E-state index contributed by atoms with van der Waals surface area (Å²) < 4.78 is 33.2. The van der Waals surface area contributed by atoms with Crippen LogP contribution >= 0.6 is 0 Å². The molecule has 1 aliphatic heterocycles. The number of hydrogen-bond acceptors (Lipinski definition) is 3. The van der Waals surface area contributed by atoms with Crippen molar-refractivity contribution in [2.75, 3.05) is 26.2 Å².